The van der Waals surface area contributed by atoms with Crippen molar-refractivity contribution < 1.29 is 18.7 Å². The normalized spacial score (nSPS) is 18.9. The Labute approximate surface area is 176 Å². The number of carbonyl (C=O) groups excluding carboxylic acids is 1. The summed E-state index contributed by atoms with van der Waals surface area (Å²) in [6, 6.07) is 8.14. The van der Waals surface area contributed by atoms with Crippen molar-refractivity contribution in [1.29, 1.82) is 0 Å². The SMILES string of the molecule is CCC1CCC(NC(=O)c2cc(F)c(OC)c(-c3ccc(OC)c(Cl)c3)c2)CC1. The van der Waals surface area contributed by atoms with Crippen LogP contribution in [-0.2, 0) is 0 Å². The maximum Gasteiger partial charge on any atom is 0.251 e. The molecule has 0 saturated heterocycles. The van der Waals surface area contributed by atoms with Crippen molar-refractivity contribution >= 4 is 17.5 Å². The molecule has 0 aromatic heterocycles. The molecule has 1 saturated carbocycles. The molecule has 4 nitrogen and oxygen atoms in total. The van der Waals surface area contributed by atoms with E-state index in [0.717, 1.165) is 31.6 Å². The molecule has 0 unspecified atom stereocenters. The van der Waals surface area contributed by atoms with Crippen LogP contribution in [0.5, 0.6) is 11.5 Å². The monoisotopic (exact) mass is 419 g/mol. The average Bonchev–Trinajstić information content (AvgIpc) is 2.73. The third-order valence-electron chi connectivity index (χ3n) is 5.73. The largest absolute Gasteiger partial charge is 0.495 e. The smallest absolute Gasteiger partial charge is 0.251 e. The second-order valence-electron chi connectivity index (χ2n) is 7.49. The van der Waals surface area contributed by atoms with Gasteiger partial charge in [-0.3, -0.25) is 4.79 Å². The zero-order chi connectivity index (χ0) is 21.0. The highest BCUT2D eigenvalue weighted by Gasteiger charge is 2.23. The van der Waals surface area contributed by atoms with Crippen LogP contribution in [0.25, 0.3) is 11.1 Å². The van der Waals surface area contributed by atoms with Crippen LogP contribution in [-0.4, -0.2) is 26.2 Å². The van der Waals surface area contributed by atoms with Crippen LogP contribution >= 0.6 is 11.6 Å². The maximum atomic E-state index is 14.7. The standard InChI is InChI=1S/C23H27ClFNO3/c1-4-14-5-8-17(9-6-14)26-23(27)16-11-18(22(29-3)20(25)13-16)15-7-10-21(28-2)19(24)12-15/h7,10-14,17H,4-6,8-9H2,1-3H3,(H,26,27). The number of methoxy groups -OCH3 is 2. The van der Waals surface area contributed by atoms with Gasteiger partial charge in [0, 0.05) is 17.2 Å². The van der Waals surface area contributed by atoms with Gasteiger partial charge in [-0.2, -0.15) is 0 Å². The number of hydrogen-bond acceptors (Lipinski definition) is 3. The number of halogens is 2. The molecule has 2 aromatic rings. The molecular weight excluding hydrogens is 393 g/mol. The molecule has 0 bridgehead atoms. The van der Waals surface area contributed by atoms with E-state index in [2.05, 4.69) is 12.2 Å². The Bertz CT molecular complexity index is 879. The molecule has 2 aromatic carbocycles. The molecule has 0 radical (unpaired) electrons. The molecule has 3 rings (SSSR count). The second kappa shape index (κ2) is 9.49. The van der Waals surface area contributed by atoms with E-state index in [4.69, 9.17) is 21.1 Å². The van der Waals surface area contributed by atoms with E-state index >= 15 is 0 Å². The summed E-state index contributed by atoms with van der Waals surface area (Å²) in [4.78, 5) is 12.8. The minimum Gasteiger partial charge on any atom is -0.495 e. The molecule has 0 aliphatic heterocycles. The van der Waals surface area contributed by atoms with E-state index in [0.29, 0.717) is 21.9 Å². The van der Waals surface area contributed by atoms with Crippen molar-refractivity contribution in [3.63, 3.8) is 0 Å². The van der Waals surface area contributed by atoms with Crippen LogP contribution in [0.1, 0.15) is 49.4 Å². The molecule has 1 amide bonds. The molecule has 1 aliphatic rings. The van der Waals surface area contributed by atoms with Gasteiger partial charge >= 0.3 is 0 Å². The summed E-state index contributed by atoms with van der Waals surface area (Å²) >= 11 is 6.23. The molecule has 1 fully saturated rings. The van der Waals surface area contributed by atoms with E-state index in [-0.39, 0.29) is 23.3 Å². The fraction of sp³-hybridized carbons (Fsp3) is 0.435. The number of amides is 1. The van der Waals surface area contributed by atoms with Gasteiger partial charge in [0.25, 0.3) is 5.91 Å². The third kappa shape index (κ3) is 4.84. The number of rotatable bonds is 6. The van der Waals surface area contributed by atoms with Crippen molar-refractivity contribution in [2.45, 2.75) is 45.1 Å². The summed E-state index contributed by atoms with van der Waals surface area (Å²) in [5.41, 5.74) is 1.38. The minimum atomic E-state index is -0.586. The van der Waals surface area contributed by atoms with Crippen molar-refractivity contribution in [2.75, 3.05) is 14.2 Å². The Hall–Kier alpha value is -2.27. The molecule has 156 valence electrons. The van der Waals surface area contributed by atoms with Gasteiger partial charge < -0.3 is 14.8 Å². The topological polar surface area (TPSA) is 47.6 Å². The summed E-state index contributed by atoms with van der Waals surface area (Å²) < 4.78 is 25.1. The highest BCUT2D eigenvalue weighted by Crippen LogP contribution is 2.37. The van der Waals surface area contributed by atoms with E-state index in [9.17, 15) is 9.18 Å². The predicted molar refractivity (Wildman–Crippen MR) is 113 cm³/mol. The molecule has 0 heterocycles. The first kappa shape index (κ1) is 21.4. The van der Waals surface area contributed by atoms with E-state index in [1.54, 1.807) is 24.3 Å². The van der Waals surface area contributed by atoms with Crippen molar-refractivity contribution in [2.24, 2.45) is 5.92 Å². The summed E-state index contributed by atoms with van der Waals surface area (Å²) in [6.45, 7) is 2.21. The fourth-order valence-electron chi connectivity index (χ4n) is 3.96. The molecular formula is C23H27ClFNO3. The first-order chi connectivity index (χ1) is 14.0. The van der Waals surface area contributed by atoms with Gasteiger partial charge in [-0.05, 0) is 61.4 Å². The average molecular weight is 420 g/mol. The number of ether oxygens (including phenoxy) is 2. The highest BCUT2D eigenvalue weighted by atomic mass is 35.5. The van der Waals surface area contributed by atoms with Crippen LogP contribution in [0, 0.1) is 11.7 Å². The Morgan fingerprint density at radius 3 is 2.45 bits per heavy atom. The van der Waals surface area contributed by atoms with Gasteiger partial charge in [-0.1, -0.05) is 31.0 Å². The van der Waals surface area contributed by atoms with Crippen LogP contribution in [0.3, 0.4) is 0 Å². The first-order valence-electron chi connectivity index (χ1n) is 9.99. The first-order valence-corrected chi connectivity index (χ1v) is 10.4. The quantitative estimate of drug-likeness (QED) is 0.637. The number of hydrogen-bond donors (Lipinski definition) is 1. The predicted octanol–water partition coefficient (Wildman–Crippen LogP) is 5.86. The van der Waals surface area contributed by atoms with Gasteiger partial charge in [0.05, 0.1) is 19.2 Å². The minimum absolute atomic E-state index is 0.0752. The zero-order valence-corrected chi connectivity index (χ0v) is 17.8. The molecule has 1 aliphatic carbocycles. The van der Waals surface area contributed by atoms with Gasteiger partial charge in [-0.15, -0.1) is 0 Å². The van der Waals surface area contributed by atoms with Crippen LogP contribution in [0.15, 0.2) is 30.3 Å². The lowest BCUT2D eigenvalue weighted by Crippen LogP contribution is -2.37. The molecule has 29 heavy (non-hydrogen) atoms. The third-order valence-corrected chi connectivity index (χ3v) is 6.03. The summed E-state index contributed by atoms with van der Waals surface area (Å²) in [5.74, 6) is 0.481. The summed E-state index contributed by atoms with van der Waals surface area (Å²) in [5, 5.41) is 3.46. The Morgan fingerprint density at radius 2 is 1.86 bits per heavy atom. The van der Waals surface area contributed by atoms with Crippen molar-refractivity contribution in [3.8, 4) is 22.6 Å². The number of carbonyl (C=O) groups is 1. The number of nitrogens with one attached hydrogen (secondary N) is 1. The van der Waals surface area contributed by atoms with Crippen LogP contribution in [0.4, 0.5) is 4.39 Å². The van der Waals surface area contributed by atoms with E-state index < -0.39 is 5.82 Å². The lowest BCUT2D eigenvalue weighted by atomic mass is 9.84. The molecule has 1 N–H and O–H groups in total. The second-order valence-corrected chi connectivity index (χ2v) is 7.89. The molecule has 6 heteroatoms. The van der Waals surface area contributed by atoms with E-state index in [1.807, 2.05) is 0 Å². The summed E-state index contributed by atoms with van der Waals surface area (Å²) in [7, 11) is 2.93. The van der Waals surface area contributed by atoms with Gasteiger partial charge in [-0.25, -0.2) is 4.39 Å². The van der Waals surface area contributed by atoms with Gasteiger partial charge in [0.15, 0.2) is 11.6 Å². The molecule has 0 atom stereocenters. The zero-order valence-electron chi connectivity index (χ0n) is 17.1. The Balaban J connectivity index is 1.87. The van der Waals surface area contributed by atoms with E-state index in [1.165, 1.54) is 26.7 Å². The lowest BCUT2D eigenvalue weighted by molar-refractivity contribution is 0.0921. The van der Waals surface area contributed by atoms with Gasteiger partial charge in [0.2, 0.25) is 0 Å². The maximum absolute atomic E-state index is 14.7. The Kier molecular flexibility index (Phi) is 7.01. The van der Waals surface area contributed by atoms with Crippen molar-refractivity contribution in [1.82, 2.24) is 5.32 Å². The van der Waals surface area contributed by atoms with Crippen LogP contribution in [0.2, 0.25) is 5.02 Å². The number of benzene rings is 2. The summed E-state index contributed by atoms with van der Waals surface area (Å²) in [6.07, 6.45) is 5.34. The highest BCUT2D eigenvalue weighted by molar-refractivity contribution is 6.32. The van der Waals surface area contributed by atoms with Gasteiger partial charge in [0.1, 0.15) is 5.75 Å². The molecule has 0 spiro atoms. The Morgan fingerprint density at radius 1 is 1.14 bits per heavy atom. The fourth-order valence-corrected chi connectivity index (χ4v) is 4.22. The van der Waals surface area contributed by atoms with Crippen LogP contribution < -0.4 is 14.8 Å². The van der Waals surface area contributed by atoms with Crippen molar-refractivity contribution in [3.05, 3.63) is 46.7 Å². The lowest BCUT2D eigenvalue weighted by Gasteiger charge is -2.28.